The van der Waals surface area contributed by atoms with E-state index in [2.05, 4.69) is 4.98 Å². The van der Waals surface area contributed by atoms with Crippen molar-refractivity contribution in [1.82, 2.24) is 9.38 Å². The summed E-state index contributed by atoms with van der Waals surface area (Å²) in [6.45, 7) is 0. The Hall–Kier alpha value is -2.99. The molecule has 5 aromatic rings. The summed E-state index contributed by atoms with van der Waals surface area (Å²) < 4.78 is 8.10. The minimum Gasteiger partial charge on any atom is -0.422 e. The van der Waals surface area contributed by atoms with Gasteiger partial charge < -0.3 is 4.42 Å². The number of fused-ring (bicyclic) bond motifs is 6. The largest absolute Gasteiger partial charge is 0.422 e. The summed E-state index contributed by atoms with van der Waals surface area (Å²) in [6, 6.07) is 15.0. The molecule has 0 amide bonds. The molecule has 0 aliphatic carbocycles. The zero-order valence-corrected chi connectivity index (χ0v) is 12.6. The van der Waals surface area contributed by atoms with Crippen molar-refractivity contribution in [1.29, 1.82) is 5.41 Å². The summed E-state index contributed by atoms with van der Waals surface area (Å²) in [5.41, 5.74) is 1.47. The normalized spacial score (nSPS) is 11.8. The number of hydrogen-bond donors (Lipinski definition) is 1. The SMILES string of the molecule is N=c1c2c(=O)oc3ccccc3c2nc2sc3ccccc3n12. The van der Waals surface area contributed by atoms with E-state index in [1.165, 1.54) is 11.3 Å². The van der Waals surface area contributed by atoms with Gasteiger partial charge in [-0.05, 0) is 24.3 Å². The summed E-state index contributed by atoms with van der Waals surface area (Å²) in [5.74, 6) is 0. The van der Waals surface area contributed by atoms with Gasteiger partial charge >= 0.3 is 5.63 Å². The Kier molecular flexibility index (Phi) is 2.33. The minimum atomic E-state index is -0.527. The number of para-hydroxylation sites is 2. The van der Waals surface area contributed by atoms with E-state index in [0.29, 0.717) is 16.1 Å². The van der Waals surface area contributed by atoms with Gasteiger partial charge in [-0.25, -0.2) is 9.78 Å². The van der Waals surface area contributed by atoms with Crippen LogP contribution in [-0.4, -0.2) is 9.38 Å². The summed E-state index contributed by atoms with van der Waals surface area (Å²) in [4.78, 5) is 17.7. The van der Waals surface area contributed by atoms with Gasteiger partial charge in [-0.15, -0.1) is 0 Å². The highest BCUT2D eigenvalue weighted by Gasteiger charge is 2.15. The molecule has 0 spiro atoms. The van der Waals surface area contributed by atoms with Crippen LogP contribution in [0.1, 0.15) is 0 Å². The third kappa shape index (κ3) is 1.58. The second kappa shape index (κ2) is 4.27. The molecule has 0 radical (unpaired) electrons. The van der Waals surface area contributed by atoms with Gasteiger partial charge in [0.05, 0.1) is 15.7 Å². The van der Waals surface area contributed by atoms with Gasteiger partial charge in [0, 0.05) is 5.39 Å². The van der Waals surface area contributed by atoms with Crippen LogP contribution in [0.3, 0.4) is 0 Å². The Morgan fingerprint density at radius 3 is 2.78 bits per heavy atom. The van der Waals surface area contributed by atoms with E-state index in [9.17, 15) is 4.79 Å². The molecule has 0 fully saturated rings. The number of benzene rings is 2. The molecule has 23 heavy (non-hydrogen) atoms. The van der Waals surface area contributed by atoms with Crippen molar-refractivity contribution in [3.63, 3.8) is 0 Å². The first kappa shape index (κ1) is 12.5. The van der Waals surface area contributed by atoms with Crippen molar-refractivity contribution in [2.75, 3.05) is 0 Å². The van der Waals surface area contributed by atoms with Crippen LogP contribution in [0.15, 0.2) is 57.7 Å². The fraction of sp³-hybridized carbons (Fsp3) is 0. The molecule has 0 unspecified atom stereocenters. The average Bonchev–Trinajstić information content (AvgIpc) is 2.93. The standard InChI is InChI=1S/C17H9N3O2S/c18-15-13-14(9-5-1-3-7-11(9)22-16(13)21)19-17-20(15)10-6-2-4-8-12(10)23-17/h1-8,18H. The summed E-state index contributed by atoms with van der Waals surface area (Å²) in [5, 5.41) is 9.48. The molecule has 0 atom stereocenters. The van der Waals surface area contributed by atoms with Gasteiger partial charge in [0.25, 0.3) is 0 Å². The molecule has 5 rings (SSSR count). The molecule has 0 aliphatic heterocycles. The van der Waals surface area contributed by atoms with Crippen molar-refractivity contribution in [3.05, 3.63) is 64.4 Å². The third-order valence-corrected chi connectivity index (χ3v) is 4.97. The highest BCUT2D eigenvalue weighted by Crippen LogP contribution is 2.26. The highest BCUT2D eigenvalue weighted by atomic mass is 32.1. The summed E-state index contributed by atoms with van der Waals surface area (Å²) in [6.07, 6.45) is 0. The lowest BCUT2D eigenvalue weighted by molar-refractivity contribution is 0.568. The molecule has 110 valence electrons. The molecule has 0 saturated carbocycles. The van der Waals surface area contributed by atoms with E-state index in [4.69, 9.17) is 9.83 Å². The molecule has 2 aromatic carbocycles. The number of rotatable bonds is 0. The second-order valence-corrected chi connectivity index (χ2v) is 6.27. The van der Waals surface area contributed by atoms with Crippen LogP contribution < -0.4 is 11.1 Å². The van der Waals surface area contributed by atoms with E-state index in [-0.39, 0.29) is 10.9 Å². The van der Waals surface area contributed by atoms with E-state index < -0.39 is 5.63 Å². The van der Waals surface area contributed by atoms with Crippen molar-refractivity contribution in [3.8, 4) is 0 Å². The van der Waals surface area contributed by atoms with Crippen LogP contribution in [0.4, 0.5) is 0 Å². The van der Waals surface area contributed by atoms with Crippen LogP contribution in [0.2, 0.25) is 0 Å². The van der Waals surface area contributed by atoms with Gasteiger partial charge in [0.2, 0.25) is 0 Å². The predicted octanol–water partition coefficient (Wildman–Crippen LogP) is 3.29. The lowest BCUT2D eigenvalue weighted by Gasteiger charge is -2.03. The predicted molar refractivity (Wildman–Crippen MR) is 90.0 cm³/mol. The van der Waals surface area contributed by atoms with Crippen LogP contribution >= 0.6 is 11.3 Å². The summed E-state index contributed by atoms with van der Waals surface area (Å²) in [7, 11) is 0. The van der Waals surface area contributed by atoms with Crippen molar-refractivity contribution in [2.24, 2.45) is 0 Å². The Morgan fingerprint density at radius 2 is 1.87 bits per heavy atom. The number of thiazole rings is 1. The van der Waals surface area contributed by atoms with Crippen molar-refractivity contribution >= 4 is 48.4 Å². The number of aromatic nitrogens is 2. The first-order chi connectivity index (χ1) is 11.2. The maximum Gasteiger partial charge on any atom is 0.349 e. The Morgan fingerprint density at radius 1 is 1.09 bits per heavy atom. The smallest absolute Gasteiger partial charge is 0.349 e. The Bertz CT molecular complexity index is 1360. The average molecular weight is 319 g/mol. The van der Waals surface area contributed by atoms with Crippen LogP contribution in [0.25, 0.3) is 37.0 Å². The van der Waals surface area contributed by atoms with Gasteiger partial charge in [-0.2, -0.15) is 0 Å². The molecule has 3 aromatic heterocycles. The highest BCUT2D eigenvalue weighted by molar-refractivity contribution is 7.23. The van der Waals surface area contributed by atoms with Gasteiger partial charge in [-0.3, -0.25) is 9.81 Å². The van der Waals surface area contributed by atoms with E-state index in [1.807, 2.05) is 42.5 Å². The topological polar surface area (TPSA) is 71.4 Å². The Labute approximate surface area is 132 Å². The molecule has 1 N–H and O–H groups in total. The zero-order valence-electron chi connectivity index (χ0n) is 11.7. The lowest BCUT2D eigenvalue weighted by atomic mass is 10.2. The monoisotopic (exact) mass is 319 g/mol. The van der Waals surface area contributed by atoms with E-state index in [1.54, 1.807) is 10.5 Å². The number of hydrogen-bond acceptors (Lipinski definition) is 5. The maximum atomic E-state index is 12.4. The molecule has 5 nitrogen and oxygen atoms in total. The second-order valence-electron chi connectivity index (χ2n) is 5.26. The molecule has 0 saturated heterocycles. The minimum absolute atomic E-state index is 0.113. The molecule has 3 heterocycles. The number of nitrogens with zero attached hydrogens (tertiary/aromatic N) is 2. The van der Waals surface area contributed by atoms with Gasteiger partial charge in [0.15, 0.2) is 4.96 Å². The maximum absolute atomic E-state index is 12.4. The van der Waals surface area contributed by atoms with Gasteiger partial charge in [0.1, 0.15) is 16.5 Å². The van der Waals surface area contributed by atoms with E-state index >= 15 is 0 Å². The van der Waals surface area contributed by atoms with Crippen molar-refractivity contribution in [2.45, 2.75) is 0 Å². The van der Waals surface area contributed by atoms with Crippen molar-refractivity contribution < 1.29 is 4.42 Å². The van der Waals surface area contributed by atoms with E-state index in [0.717, 1.165) is 15.6 Å². The quantitative estimate of drug-likeness (QED) is 0.352. The molecular weight excluding hydrogens is 310 g/mol. The lowest BCUT2D eigenvalue weighted by Crippen LogP contribution is -2.20. The molecule has 6 heteroatoms. The zero-order chi connectivity index (χ0) is 15.6. The fourth-order valence-corrected chi connectivity index (χ4v) is 3.96. The van der Waals surface area contributed by atoms with Crippen LogP contribution in [0.5, 0.6) is 0 Å². The molecule has 0 bridgehead atoms. The van der Waals surface area contributed by atoms with Crippen LogP contribution in [-0.2, 0) is 0 Å². The molecule has 0 aliphatic rings. The fourth-order valence-electron chi connectivity index (χ4n) is 2.93. The first-order valence-corrected chi connectivity index (χ1v) is 7.86. The molecular formula is C17H9N3O2S. The third-order valence-electron chi connectivity index (χ3n) is 3.95. The van der Waals surface area contributed by atoms with Crippen LogP contribution in [0, 0.1) is 5.41 Å². The first-order valence-electron chi connectivity index (χ1n) is 7.04. The Balaban J connectivity index is 2.17. The number of nitrogens with one attached hydrogen (secondary N) is 1. The van der Waals surface area contributed by atoms with Gasteiger partial charge in [-0.1, -0.05) is 35.6 Å². The summed E-state index contributed by atoms with van der Waals surface area (Å²) >= 11 is 1.50.